The maximum Gasteiger partial charge on any atom is 0.172 e. The molecule has 0 aromatic heterocycles. The molecule has 0 spiro atoms. The number of nitrogens with zero attached hydrogens (tertiary/aromatic N) is 4. The minimum absolute atomic E-state index is 0.00475. The summed E-state index contributed by atoms with van der Waals surface area (Å²) in [4.78, 5) is 3.01. The summed E-state index contributed by atoms with van der Waals surface area (Å²) in [7, 11) is 0. The number of aliphatic hydroxyl groups excluding tert-OH is 1. The first-order valence-corrected chi connectivity index (χ1v) is 9.29. The third-order valence-corrected chi connectivity index (χ3v) is 5.43. The van der Waals surface area contributed by atoms with E-state index in [-0.39, 0.29) is 23.5 Å². The minimum Gasteiger partial charge on any atom is -0.480 e. The number of hydrogen-bond acceptors (Lipinski definition) is 7. The van der Waals surface area contributed by atoms with Crippen LogP contribution in [0.15, 0.2) is 68.5 Å². The molecule has 0 amide bonds. The van der Waals surface area contributed by atoms with Gasteiger partial charge in [0, 0.05) is 17.0 Å². The molecular formula is C21H16N4O2S. The van der Waals surface area contributed by atoms with Crippen LogP contribution < -0.4 is 4.90 Å². The van der Waals surface area contributed by atoms with E-state index in [9.17, 15) is 10.4 Å². The van der Waals surface area contributed by atoms with Gasteiger partial charge in [0.15, 0.2) is 11.3 Å². The Morgan fingerprint density at radius 2 is 1.96 bits per heavy atom. The summed E-state index contributed by atoms with van der Waals surface area (Å²) in [6, 6.07) is 13.5. The SMILES string of the molecule is CC1(C)OC(=C(C#N)C#N)C(C#N)=C1C=C=C1Sc2ccccc2N1CCO. The lowest BCUT2D eigenvalue weighted by molar-refractivity contribution is 0.0954. The zero-order valence-electron chi connectivity index (χ0n) is 15.4. The molecule has 138 valence electrons. The summed E-state index contributed by atoms with van der Waals surface area (Å²) in [5.41, 5.74) is 3.79. The highest BCUT2D eigenvalue weighted by atomic mass is 32.2. The molecule has 1 aromatic carbocycles. The van der Waals surface area contributed by atoms with Crippen molar-refractivity contribution in [3.8, 4) is 18.2 Å². The first kappa shape index (κ1) is 19.4. The Morgan fingerprint density at radius 3 is 2.61 bits per heavy atom. The molecule has 0 unspecified atom stereocenters. The quantitative estimate of drug-likeness (QED) is 0.624. The monoisotopic (exact) mass is 388 g/mol. The molecule has 0 saturated carbocycles. The number of rotatable bonds is 3. The lowest BCUT2D eigenvalue weighted by Crippen LogP contribution is -2.22. The highest BCUT2D eigenvalue weighted by Gasteiger charge is 2.39. The molecule has 0 bridgehead atoms. The number of nitriles is 3. The number of ether oxygens (including phenoxy) is 1. The van der Waals surface area contributed by atoms with Gasteiger partial charge in [0.1, 0.15) is 34.4 Å². The van der Waals surface area contributed by atoms with Crippen LogP contribution in [0.4, 0.5) is 5.69 Å². The number of anilines is 1. The number of hydrogen-bond donors (Lipinski definition) is 1. The Bertz CT molecular complexity index is 1070. The van der Waals surface area contributed by atoms with Gasteiger partial charge in [0.2, 0.25) is 0 Å². The van der Waals surface area contributed by atoms with E-state index in [1.165, 1.54) is 11.8 Å². The number of fused-ring (bicyclic) bond motifs is 1. The topological polar surface area (TPSA) is 104 Å². The van der Waals surface area contributed by atoms with E-state index in [0.29, 0.717) is 12.1 Å². The highest BCUT2D eigenvalue weighted by molar-refractivity contribution is 8.03. The molecule has 2 heterocycles. The van der Waals surface area contributed by atoms with Crippen molar-refractivity contribution in [3.63, 3.8) is 0 Å². The first-order chi connectivity index (χ1) is 13.5. The van der Waals surface area contributed by atoms with Gasteiger partial charge < -0.3 is 14.7 Å². The van der Waals surface area contributed by atoms with Crippen LogP contribution in [0.5, 0.6) is 0 Å². The first-order valence-electron chi connectivity index (χ1n) is 8.47. The smallest absolute Gasteiger partial charge is 0.172 e. The molecule has 0 radical (unpaired) electrons. The van der Waals surface area contributed by atoms with Crippen molar-refractivity contribution in [3.05, 3.63) is 63.6 Å². The highest BCUT2D eigenvalue weighted by Crippen LogP contribution is 2.45. The number of benzene rings is 1. The van der Waals surface area contributed by atoms with Crippen LogP contribution >= 0.6 is 11.8 Å². The van der Waals surface area contributed by atoms with Crippen molar-refractivity contribution in [2.24, 2.45) is 0 Å². The Hall–Kier alpha value is -3.40. The van der Waals surface area contributed by atoms with E-state index in [2.05, 4.69) is 11.8 Å². The van der Waals surface area contributed by atoms with Crippen LogP contribution in [0.25, 0.3) is 0 Å². The van der Waals surface area contributed by atoms with Crippen molar-refractivity contribution in [2.75, 3.05) is 18.1 Å². The molecule has 2 aliphatic heterocycles. The molecule has 1 aromatic rings. The summed E-state index contributed by atoms with van der Waals surface area (Å²) >= 11 is 1.52. The van der Waals surface area contributed by atoms with E-state index >= 15 is 0 Å². The molecule has 0 fully saturated rings. The van der Waals surface area contributed by atoms with Crippen molar-refractivity contribution in [1.82, 2.24) is 0 Å². The van der Waals surface area contributed by atoms with Crippen LogP contribution in [0.1, 0.15) is 13.8 Å². The minimum atomic E-state index is -0.884. The second-order valence-corrected chi connectivity index (χ2v) is 7.51. The zero-order chi connectivity index (χ0) is 20.3. The van der Waals surface area contributed by atoms with Crippen LogP contribution in [0.3, 0.4) is 0 Å². The molecule has 3 rings (SSSR count). The molecule has 0 aliphatic carbocycles. The standard InChI is InChI=1S/C21H16N4O2S/c1-21(2)16(15(13-24)20(27-21)14(11-22)12-23)7-8-19-25(9-10-26)17-5-3-4-6-18(17)28-19/h3-7,26H,9-10H2,1-2H3. The Labute approximate surface area is 167 Å². The van der Waals surface area contributed by atoms with Gasteiger partial charge in [-0.2, -0.15) is 15.8 Å². The van der Waals surface area contributed by atoms with Crippen molar-refractivity contribution >= 4 is 17.4 Å². The van der Waals surface area contributed by atoms with E-state index in [1.54, 1.807) is 32.1 Å². The summed E-state index contributed by atoms with van der Waals surface area (Å²) in [5, 5.41) is 38.1. The van der Waals surface area contributed by atoms with Crippen LogP contribution in [-0.2, 0) is 4.74 Å². The zero-order valence-corrected chi connectivity index (χ0v) is 16.2. The second kappa shape index (κ2) is 7.69. The van der Waals surface area contributed by atoms with Gasteiger partial charge in [-0.25, -0.2) is 0 Å². The van der Waals surface area contributed by atoms with Crippen molar-refractivity contribution in [1.29, 1.82) is 15.8 Å². The fraction of sp³-hybridized carbons (Fsp3) is 0.238. The van der Waals surface area contributed by atoms with Crippen LogP contribution in [0, 0.1) is 34.0 Å². The lowest BCUT2D eigenvalue weighted by atomic mass is 9.95. The lowest BCUT2D eigenvalue weighted by Gasteiger charge is -2.20. The number of aliphatic hydroxyl groups is 1. The predicted molar refractivity (Wildman–Crippen MR) is 104 cm³/mol. The summed E-state index contributed by atoms with van der Waals surface area (Å²) < 4.78 is 5.76. The van der Waals surface area contributed by atoms with E-state index in [4.69, 9.17) is 15.3 Å². The number of thioether (sulfide) groups is 1. The molecule has 2 aliphatic rings. The molecule has 7 heteroatoms. The number of allylic oxidation sites excluding steroid dienone is 2. The molecule has 6 nitrogen and oxygen atoms in total. The Balaban J connectivity index is 2.13. The van der Waals surface area contributed by atoms with Crippen LogP contribution in [0.2, 0.25) is 0 Å². The van der Waals surface area contributed by atoms with E-state index in [0.717, 1.165) is 15.6 Å². The third-order valence-electron chi connectivity index (χ3n) is 4.34. The normalized spacial score (nSPS) is 16.5. The van der Waals surface area contributed by atoms with E-state index in [1.807, 2.05) is 29.2 Å². The predicted octanol–water partition coefficient (Wildman–Crippen LogP) is 3.52. The fourth-order valence-electron chi connectivity index (χ4n) is 3.04. The molecule has 0 saturated heterocycles. The average molecular weight is 388 g/mol. The molecular weight excluding hydrogens is 372 g/mol. The van der Waals surface area contributed by atoms with Crippen molar-refractivity contribution in [2.45, 2.75) is 24.3 Å². The Morgan fingerprint density at radius 1 is 1.25 bits per heavy atom. The largest absolute Gasteiger partial charge is 0.480 e. The van der Waals surface area contributed by atoms with E-state index < -0.39 is 5.60 Å². The van der Waals surface area contributed by atoms with Gasteiger partial charge in [0.25, 0.3) is 0 Å². The number of para-hydroxylation sites is 1. The van der Waals surface area contributed by atoms with Gasteiger partial charge in [-0.3, -0.25) is 0 Å². The number of β-amino-alcohol motifs (C(OH)–C–C–N with tert-alkyl or cyclic N) is 1. The second-order valence-electron chi connectivity index (χ2n) is 6.48. The summed E-state index contributed by atoms with van der Waals surface area (Å²) in [6.07, 6.45) is 1.66. The van der Waals surface area contributed by atoms with Gasteiger partial charge >= 0.3 is 0 Å². The Kier molecular flexibility index (Phi) is 5.32. The van der Waals surface area contributed by atoms with Crippen LogP contribution in [-0.4, -0.2) is 23.9 Å². The molecule has 1 N–H and O–H groups in total. The van der Waals surface area contributed by atoms with Gasteiger partial charge in [-0.05, 0) is 32.1 Å². The molecule has 0 atom stereocenters. The van der Waals surface area contributed by atoms with Gasteiger partial charge in [-0.15, -0.1) is 0 Å². The van der Waals surface area contributed by atoms with Gasteiger partial charge in [0.05, 0.1) is 12.3 Å². The third kappa shape index (κ3) is 3.29. The average Bonchev–Trinajstić information content (AvgIpc) is 3.15. The maximum atomic E-state index is 9.61. The summed E-state index contributed by atoms with van der Waals surface area (Å²) in [5.74, 6) is 0.00475. The maximum absolute atomic E-state index is 9.61. The molecule has 28 heavy (non-hydrogen) atoms. The van der Waals surface area contributed by atoms with Gasteiger partial charge in [-0.1, -0.05) is 29.6 Å². The summed E-state index contributed by atoms with van der Waals surface area (Å²) in [6.45, 7) is 3.94. The van der Waals surface area contributed by atoms with Crippen molar-refractivity contribution < 1.29 is 9.84 Å². The fourth-order valence-corrected chi connectivity index (χ4v) is 4.10.